The second-order valence-electron chi connectivity index (χ2n) is 6.03. The van der Waals surface area contributed by atoms with Gasteiger partial charge in [0, 0.05) is 12.1 Å². The van der Waals surface area contributed by atoms with E-state index in [0.29, 0.717) is 5.88 Å². The molecule has 1 aromatic rings. The summed E-state index contributed by atoms with van der Waals surface area (Å²) in [4.78, 5) is 8.62. The van der Waals surface area contributed by atoms with Crippen LogP contribution in [0.4, 0.5) is 0 Å². The van der Waals surface area contributed by atoms with Gasteiger partial charge in [0.25, 0.3) is 0 Å². The summed E-state index contributed by atoms with van der Waals surface area (Å²) in [5.74, 6) is 1.53. The third kappa shape index (κ3) is 5.00. The summed E-state index contributed by atoms with van der Waals surface area (Å²) in [5.41, 5.74) is 1.04. The lowest BCUT2D eigenvalue weighted by atomic mass is 10.1. The van der Waals surface area contributed by atoms with E-state index in [9.17, 15) is 0 Å². The highest BCUT2D eigenvalue weighted by Crippen LogP contribution is 2.32. The number of hydrogen-bond acceptors (Lipinski definition) is 4. The first-order valence-corrected chi connectivity index (χ1v) is 6.72. The summed E-state index contributed by atoms with van der Waals surface area (Å²) in [7, 11) is 0. The third-order valence-electron chi connectivity index (χ3n) is 2.95. The number of ether oxygens (including phenoxy) is 1. The Balaban J connectivity index is 1.73. The monoisotopic (exact) mass is 249 g/mol. The number of nitrogens with one attached hydrogen (secondary N) is 1. The molecule has 1 saturated carbocycles. The quantitative estimate of drug-likeness (QED) is 0.841. The van der Waals surface area contributed by atoms with Gasteiger partial charge in [0.05, 0.1) is 24.7 Å². The van der Waals surface area contributed by atoms with E-state index in [-0.39, 0.29) is 5.54 Å². The Morgan fingerprint density at radius 2 is 2.06 bits per heavy atom. The fourth-order valence-corrected chi connectivity index (χ4v) is 1.60. The van der Waals surface area contributed by atoms with E-state index in [4.69, 9.17) is 4.74 Å². The molecule has 0 spiro atoms. The van der Waals surface area contributed by atoms with Crippen molar-refractivity contribution in [3.05, 3.63) is 18.1 Å². The second kappa shape index (κ2) is 5.65. The van der Waals surface area contributed by atoms with Crippen molar-refractivity contribution in [2.24, 2.45) is 5.92 Å². The molecule has 0 unspecified atom stereocenters. The van der Waals surface area contributed by atoms with Crippen molar-refractivity contribution in [1.29, 1.82) is 0 Å². The molecule has 1 N–H and O–H groups in total. The Morgan fingerprint density at radius 1 is 1.28 bits per heavy atom. The van der Waals surface area contributed by atoms with Gasteiger partial charge in [0.1, 0.15) is 0 Å². The molecular formula is C14H23N3O. The summed E-state index contributed by atoms with van der Waals surface area (Å²) in [6.07, 6.45) is 7.38. The van der Waals surface area contributed by atoms with Gasteiger partial charge in [-0.2, -0.15) is 0 Å². The van der Waals surface area contributed by atoms with E-state index in [0.717, 1.165) is 31.2 Å². The summed E-state index contributed by atoms with van der Waals surface area (Å²) < 4.78 is 5.56. The van der Waals surface area contributed by atoms with Crippen LogP contribution in [0.1, 0.15) is 45.7 Å². The maximum atomic E-state index is 5.56. The van der Waals surface area contributed by atoms with E-state index >= 15 is 0 Å². The van der Waals surface area contributed by atoms with E-state index in [1.165, 1.54) is 12.8 Å². The lowest BCUT2D eigenvalue weighted by Gasteiger charge is -2.19. The van der Waals surface area contributed by atoms with Crippen LogP contribution < -0.4 is 10.1 Å². The zero-order valence-electron chi connectivity index (χ0n) is 11.6. The Morgan fingerprint density at radius 3 is 2.61 bits per heavy atom. The second-order valence-corrected chi connectivity index (χ2v) is 6.03. The molecule has 0 amide bonds. The lowest BCUT2D eigenvalue weighted by Crippen LogP contribution is -2.35. The average Bonchev–Trinajstić information content (AvgIpc) is 3.11. The molecule has 1 fully saturated rings. The van der Waals surface area contributed by atoms with Gasteiger partial charge in [-0.15, -0.1) is 0 Å². The predicted molar refractivity (Wildman–Crippen MR) is 71.5 cm³/mol. The van der Waals surface area contributed by atoms with Crippen LogP contribution in [0.5, 0.6) is 5.88 Å². The van der Waals surface area contributed by atoms with Gasteiger partial charge in [-0.05, 0) is 33.1 Å². The van der Waals surface area contributed by atoms with Crippen molar-refractivity contribution in [3.8, 4) is 5.88 Å². The standard InChI is InChI=1S/C14H23N3O/c1-14(2,3)17-9-12-8-16-13(10-15-12)18-7-6-11-4-5-11/h8,10-11,17H,4-7,9H2,1-3H3. The Kier molecular flexibility index (Phi) is 4.17. The molecule has 0 aliphatic heterocycles. The average molecular weight is 249 g/mol. The van der Waals surface area contributed by atoms with Gasteiger partial charge in [-0.3, -0.25) is 4.98 Å². The topological polar surface area (TPSA) is 47.0 Å². The maximum absolute atomic E-state index is 5.56. The van der Waals surface area contributed by atoms with Crippen LogP contribution in [0.3, 0.4) is 0 Å². The first-order valence-electron chi connectivity index (χ1n) is 6.72. The Labute approximate surface area is 109 Å². The molecule has 4 nitrogen and oxygen atoms in total. The molecule has 0 aromatic carbocycles. The Bertz CT molecular complexity index is 366. The molecule has 1 aliphatic rings. The molecule has 1 aromatic heterocycles. The minimum atomic E-state index is 0.0983. The predicted octanol–water partition coefficient (Wildman–Crippen LogP) is 2.54. The summed E-state index contributed by atoms with van der Waals surface area (Å²) in [5, 5.41) is 3.38. The zero-order valence-corrected chi connectivity index (χ0v) is 11.6. The van der Waals surface area contributed by atoms with Crippen LogP contribution in [-0.2, 0) is 6.54 Å². The third-order valence-corrected chi connectivity index (χ3v) is 2.95. The van der Waals surface area contributed by atoms with Gasteiger partial charge in [-0.25, -0.2) is 4.98 Å². The minimum Gasteiger partial charge on any atom is -0.477 e. The molecule has 2 rings (SSSR count). The fourth-order valence-electron chi connectivity index (χ4n) is 1.60. The van der Waals surface area contributed by atoms with Crippen molar-refractivity contribution in [3.63, 3.8) is 0 Å². The van der Waals surface area contributed by atoms with Crippen LogP contribution >= 0.6 is 0 Å². The largest absolute Gasteiger partial charge is 0.477 e. The number of aromatic nitrogens is 2. The van der Waals surface area contributed by atoms with Gasteiger partial charge in [0.15, 0.2) is 0 Å². The van der Waals surface area contributed by atoms with Crippen molar-refractivity contribution < 1.29 is 4.74 Å². The van der Waals surface area contributed by atoms with Gasteiger partial charge in [0.2, 0.25) is 5.88 Å². The molecule has 1 heterocycles. The van der Waals surface area contributed by atoms with Crippen LogP contribution in [0.2, 0.25) is 0 Å². The number of rotatable bonds is 6. The molecule has 0 radical (unpaired) electrons. The maximum Gasteiger partial charge on any atom is 0.232 e. The molecule has 4 heteroatoms. The lowest BCUT2D eigenvalue weighted by molar-refractivity contribution is 0.289. The molecule has 0 saturated heterocycles. The van der Waals surface area contributed by atoms with E-state index in [1.807, 2.05) is 0 Å². The first-order chi connectivity index (χ1) is 8.53. The highest BCUT2D eigenvalue weighted by atomic mass is 16.5. The molecule has 18 heavy (non-hydrogen) atoms. The van der Waals surface area contributed by atoms with Gasteiger partial charge < -0.3 is 10.1 Å². The van der Waals surface area contributed by atoms with Crippen molar-refractivity contribution in [1.82, 2.24) is 15.3 Å². The first kappa shape index (κ1) is 13.3. The van der Waals surface area contributed by atoms with Crippen molar-refractivity contribution in [2.75, 3.05) is 6.61 Å². The smallest absolute Gasteiger partial charge is 0.232 e. The highest BCUT2D eigenvalue weighted by Gasteiger charge is 2.20. The minimum absolute atomic E-state index is 0.0983. The fraction of sp³-hybridized carbons (Fsp3) is 0.714. The van der Waals surface area contributed by atoms with Crippen molar-refractivity contribution in [2.45, 2.75) is 52.1 Å². The van der Waals surface area contributed by atoms with E-state index in [2.05, 4.69) is 36.1 Å². The zero-order chi connectivity index (χ0) is 13.0. The highest BCUT2D eigenvalue weighted by molar-refractivity contribution is 5.07. The summed E-state index contributed by atoms with van der Waals surface area (Å²) in [6, 6.07) is 0. The van der Waals surface area contributed by atoms with E-state index in [1.54, 1.807) is 12.4 Å². The van der Waals surface area contributed by atoms with Gasteiger partial charge in [-0.1, -0.05) is 12.8 Å². The summed E-state index contributed by atoms with van der Waals surface area (Å²) in [6.45, 7) is 7.90. The molecule has 100 valence electrons. The molecule has 0 bridgehead atoms. The van der Waals surface area contributed by atoms with Crippen LogP contribution in [-0.4, -0.2) is 22.1 Å². The number of hydrogen-bond donors (Lipinski definition) is 1. The Hall–Kier alpha value is -1.16. The molecule has 0 atom stereocenters. The van der Waals surface area contributed by atoms with Gasteiger partial charge >= 0.3 is 0 Å². The normalized spacial score (nSPS) is 15.7. The van der Waals surface area contributed by atoms with Crippen LogP contribution in [0.25, 0.3) is 0 Å². The van der Waals surface area contributed by atoms with E-state index < -0.39 is 0 Å². The van der Waals surface area contributed by atoms with Crippen LogP contribution in [0, 0.1) is 5.92 Å². The van der Waals surface area contributed by atoms with Crippen LogP contribution in [0.15, 0.2) is 12.4 Å². The SMILES string of the molecule is CC(C)(C)NCc1cnc(OCCC2CC2)cn1. The van der Waals surface area contributed by atoms with Crippen molar-refractivity contribution >= 4 is 0 Å². The number of nitrogens with zero attached hydrogens (tertiary/aromatic N) is 2. The molecule has 1 aliphatic carbocycles. The summed E-state index contributed by atoms with van der Waals surface area (Å²) >= 11 is 0. The molecular weight excluding hydrogens is 226 g/mol.